The average Bonchev–Trinajstić information content (AvgIpc) is 2.73. The molecule has 5 nitrogen and oxygen atoms in total. The van der Waals surface area contributed by atoms with Crippen molar-refractivity contribution in [2.75, 3.05) is 0 Å². The van der Waals surface area contributed by atoms with Crippen molar-refractivity contribution < 1.29 is 4.79 Å². The normalized spacial score (nSPS) is 9.82. The summed E-state index contributed by atoms with van der Waals surface area (Å²) >= 11 is 0. The van der Waals surface area contributed by atoms with Crippen LogP contribution in [0, 0.1) is 11.3 Å². The van der Waals surface area contributed by atoms with Gasteiger partial charge >= 0.3 is 0 Å². The van der Waals surface area contributed by atoms with E-state index >= 15 is 0 Å². The standard InChI is InChI=1S/C12H10N4O/c13-6-10-11(12(14)17)16(8-15-10)7-9-4-2-1-3-5-9/h1-5,8H,7H2,(H2,14,17). The lowest BCUT2D eigenvalue weighted by molar-refractivity contribution is 0.0991. The number of rotatable bonds is 3. The summed E-state index contributed by atoms with van der Waals surface area (Å²) in [6.07, 6.45) is 1.45. The molecule has 0 saturated carbocycles. The van der Waals surface area contributed by atoms with Crippen LogP contribution in [-0.2, 0) is 6.54 Å². The minimum atomic E-state index is -0.644. The van der Waals surface area contributed by atoms with Gasteiger partial charge in [0.1, 0.15) is 11.8 Å². The van der Waals surface area contributed by atoms with Gasteiger partial charge in [0.2, 0.25) is 0 Å². The Labute approximate surface area is 98.1 Å². The molecule has 1 aromatic carbocycles. The van der Waals surface area contributed by atoms with Crippen LogP contribution in [0.5, 0.6) is 0 Å². The summed E-state index contributed by atoms with van der Waals surface area (Å²) in [6.45, 7) is 0.466. The molecule has 0 aliphatic heterocycles. The monoisotopic (exact) mass is 226 g/mol. The van der Waals surface area contributed by atoms with Gasteiger partial charge in [-0.15, -0.1) is 0 Å². The Balaban J connectivity index is 2.38. The molecule has 1 heterocycles. The highest BCUT2D eigenvalue weighted by atomic mass is 16.1. The molecule has 1 aromatic heterocycles. The number of primary amides is 1. The number of nitrogens with zero attached hydrogens (tertiary/aromatic N) is 3. The summed E-state index contributed by atoms with van der Waals surface area (Å²) in [5.74, 6) is -0.644. The predicted molar refractivity (Wildman–Crippen MR) is 61.0 cm³/mol. The van der Waals surface area contributed by atoms with Crippen molar-refractivity contribution in [1.29, 1.82) is 5.26 Å². The lowest BCUT2D eigenvalue weighted by Crippen LogP contribution is -2.18. The maximum absolute atomic E-state index is 11.3. The Morgan fingerprint density at radius 2 is 2.12 bits per heavy atom. The molecule has 2 rings (SSSR count). The van der Waals surface area contributed by atoms with E-state index in [1.165, 1.54) is 6.33 Å². The second-order valence-electron chi connectivity index (χ2n) is 3.53. The van der Waals surface area contributed by atoms with E-state index in [9.17, 15) is 4.79 Å². The third-order valence-electron chi connectivity index (χ3n) is 2.37. The maximum Gasteiger partial charge on any atom is 0.268 e. The highest BCUT2D eigenvalue weighted by Crippen LogP contribution is 2.09. The summed E-state index contributed by atoms with van der Waals surface area (Å²) in [5, 5.41) is 8.81. The molecule has 2 aromatic rings. The summed E-state index contributed by atoms with van der Waals surface area (Å²) in [7, 11) is 0. The minimum absolute atomic E-state index is 0.0634. The fourth-order valence-electron chi connectivity index (χ4n) is 1.62. The zero-order valence-corrected chi connectivity index (χ0v) is 9.00. The molecule has 2 N–H and O–H groups in total. The molecule has 0 saturated heterocycles. The van der Waals surface area contributed by atoms with Crippen LogP contribution in [0.1, 0.15) is 21.7 Å². The lowest BCUT2D eigenvalue weighted by atomic mass is 10.2. The van der Waals surface area contributed by atoms with Gasteiger partial charge in [-0.25, -0.2) is 4.98 Å². The predicted octanol–water partition coefficient (Wildman–Crippen LogP) is 0.902. The molecule has 0 fully saturated rings. The number of hydrogen-bond donors (Lipinski definition) is 1. The molecular weight excluding hydrogens is 216 g/mol. The summed E-state index contributed by atoms with van der Waals surface area (Å²) in [6, 6.07) is 11.4. The first-order valence-electron chi connectivity index (χ1n) is 5.01. The maximum atomic E-state index is 11.3. The average molecular weight is 226 g/mol. The van der Waals surface area contributed by atoms with Crippen molar-refractivity contribution in [3.05, 3.63) is 53.6 Å². The van der Waals surface area contributed by atoms with E-state index in [1.807, 2.05) is 36.4 Å². The fraction of sp³-hybridized carbons (Fsp3) is 0.0833. The van der Waals surface area contributed by atoms with Crippen LogP contribution in [0.25, 0.3) is 0 Å². The van der Waals surface area contributed by atoms with E-state index in [0.29, 0.717) is 6.54 Å². The number of imidazole rings is 1. The quantitative estimate of drug-likeness (QED) is 0.843. The molecule has 0 aliphatic rings. The van der Waals surface area contributed by atoms with Gasteiger partial charge in [0.25, 0.3) is 5.91 Å². The number of nitrogens with two attached hydrogens (primary N) is 1. The van der Waals surface area contributed by atoms with Gasteiger partial charge in [0.15, 0.2) is 5.69 Å². The molecule has 0 aliphatic carbocycles. The first-order chi connectivity index (χ1) is 8.22. The van der Waals surface area contributed by atoms with E-state index in [2.05, 4.69) is 4.98 Å². The van der Waals surface area contributed by atoms with Crippen molar-refractivity contribution in [1.82, 2.24) is 9.55 Å². The van der Waals surface area contributed by atoms with Crippen LogP contribution in [0.2, 0.25) is 0 Å². The molecule has 1 amide bonds. The van der Waals surface area contributed by atoms with E-state index in [1.54, 1.807) is 4.57 Å². The van der Waals surface area contributed by atoms with Gasteiger partial charge in [0, 0.05) is 6.54 Å². The SMILES string of the molecule is N#Cc1ncn(Cc2ccccc2)c1C(N)=O. The van der Waals surface area contributed by atoms with Crippen LogP contribution >= 0.6 is 0 Å². The number of aromatic nitrogens is 2. The van der Waals surface area contributed by atoms with Crippen LogP contribution in [0.15, 0.2) is 36.7 Å². The lowest BCUT2D eigenvalue weighted by Gasteiger charge is -2.05. The van der Waals surface area contributed by atoms with Crippen LogP contribution in [-0.4, -0.2) is 15.5 Å². The first kappa shape index (κ1) is 10.9. The highest BCUT2D eigenvalue weighted by molar-refractivity contribution is 5.93. The van der Waals surface area contributed by atoms with Gasteiger partial charge in [-0.05, 0) is 5.56 Å². The molecule has 0 spiro atoms. The third kappa shape index (κ3) is 2.16. The number of nitriles is 1. The number of carbonyl (C=O) groups excluding carboxylic acids is 1. The van der Waals surface area contributed by atoms with E-state index in [4.69, 9.17) is 11.0 Å². The molecule has 0 bridgehead atoms. The number of carbonyl (C=O) groups is 1. The van der Waals surface area contributed by atoms with Gasteiger partial charge in [-0.1, -0.05) is 30.3 Å². The smallest absolute Gasteiger partial charge is 0.268 e. The highest BCUT2D eigenvalue weighted by Gasteiger charge is 2.15. The molecular formula is C12H10N4O. The Hall–Kier alpha value is -2.61. The van der Waals surface area contributed by atoms with Crippen LogP contribution in [0.3, 0.4) is 0 Å². The zero-order valence-electron chi connectivity index (χ0n) is 9.00. The van der Waals surface area contributed by atoms with Gasteiger partial charge < -0.3 is 10.3 Å². The topological polar surface area (TPSA) is 84.7 Å². The number of benzene rings is 1. The van der Waals surface area contributed by atoms with E-state index in [0.717, 1.165) is 5.56 Å². The van der Waals surface area contributed by atoms with Crippen molar-refractivity contribution >= 4 is 5.91 Å². The Morgan fingerprint density at radius 1 is 1.41 bits per heavy atom. The van der Waals surface area contributed by atoms with Crippen LogP contribution < -0.4 is 5.73 Å². The van der Waals surface area contributed by atoms with Crippen molar-refractivity contribution in [2.45, 2.75) is 6.54 Å². The minimum Gasteiger partial charge on any atom is -0.364 e. The second kappa shape index (κ2) is 4.49. The van der Waals surface area contributed by atoms with Gasteiger partial charge in [-0.3, -0.25) is 4.79 Å². The molecule has 0 atom stereocenters. The zero-order chi connectivity index (χ0) is 12.3. The Morgan fingerprint density at radius 3 is 2.71 bits per heavy atom. The van der Waals surface area contributed by atoms with Gasteiger partial charge in [0.05, 0.1) is 6.33 Å². The Kier molecular flexibility index (Phi) is 2.88. The van der Waals surface area contributed by atoms with Crippen molar-refractivity contribution in [3.63, 3.8) is 0 Å². The third-order valence-corrected chi connectivity index (χ3v) is 2.37. The summed E-state index contributed by atoms with van der Waals surface area (Å²) in [5.41, 5.74) is 6.46. The summed E-state index contributed by atoms with van der Waals surface area (Å²) in [4.78, 5) is 15.1. The van der Waals surface area contributed by atoms with Crippen LogP contribution in [0.4, 0.5) is 0 Å². The fourth-order valence-corrected chi connectivity index (χ4v) is 1.62. The second-order valence-corrected chi connectivity index (χ2v) is 3.53. The van der Waals surface area contributed by atoms with Crippen molar-refractivity contribution in [3.8, 4) is 6.07 Å². The Bertz CT molecular complexity index is 580. The van der Waals surface area contributed by atoms with Crippen molar-refractivity contribution in [2.24, 2.45) is 5.73 Å². The van der Waals surface area contributed by atoms with E-state index < -0.39 is 5.91 Å². The molecule has 84 valence electrons. The molecule has 0 radical (unpaired) electrons. The number of hydrogen-bond acceptors (Lipinski definition) is 3. The molecule has 17 heavy (non-hydrogen) atoms. The van der Waals surface area contributed by atoms with E-state index in [-0.39, 0.29) is 11.4 Å². The van der Waals surface area contributed by atoms with Gasteiger partial charge in [-0.2, -0.15) is 5.26 Å². The number of amides is 1. The first-order valence-corrected chi connectivity index (χ1v) is 5.01. The molecule has 0 unspecified atom stereocenters. The molecule has 5 heteroatoms. The summed E-state index contributed by atoms with van der Waals surface area (Å²) < 4.78 is 1.58. The largest absolute Gasteiger partial charge is 0.364 e.